The van der Waals surface area contributed by atoms with E-state index in [9.17, 15) is 13.2 Å². The number of nitriles is 1. The van der Waals surface area contributed by atoms with Crippen LogP contribution >= 0.6 is 0 Å². The normalized spacial score (nSPS) is 12.3. The molecule has 0 heterocycles. The lowest BCUT2D eigenvalue weighted by atomic mass is 10.1. The van der Waals surface area contributed by atoms with Gasteiger partial charge in [0.2, 0.25) is 6.10 Å². The summed E-state index contributed by atoms with van der Waals surface area (Å²) in [7, 11) is -3.72. The molecular formula is C11H11NO5S. The van der Waals surface area contributed by atoms with Crippen LogP contribution < -0.4 is 4.18 Å². The lowest BCUT2D eigenvalue weighted by molar-refractivity contribution is -0.144. The van der Waals surface area contributed by atoms with Gasteiger partial charge in [-0.25, -0.2) is 0 Å². The van der Waals surface area contributed by atoms with E-state index in [2.05, 4.69) is 0 Å². The Balaban J connectivity index is 3.15. The molecule has 0 aliphatic carbocycles. The van der Waals surface area contributed by atoms with Crippen molar-refractivity contribution in [1.82, 2.24) is 0 Å². The highest BCUT2D eigenvalue weighted by Crippen LogP contribution is 2.28. The van der Waals surface area contributed by atoms with Gasteiger partial charge in [-0.1, -0.05) is 18.2 Å². The summed E-state index contributed by atoms with van der Waals surface area (Å²) < 4.78 is 31.6. The van der Waals surface area contributed by atoms with Gasteiger partial charge in [0.05, 0.1) is 11.8 Å². The van der Waals surface area contributed by atoms with E-state index < -0.39 is 22.2 Å². The van der Waals surface area contributed by atoms with E-state index in [1.54, 1.807) is 18.2 Å². The van der Waals surface area contributed by atoms with Gasteiger partial charge >= 0.3 is 16.1 Å². The van der Waals surface area contributed by atoms with Crippen LogP contribution in [0.4, 0.5) is 0 Å². The highest BCUT2D eigenvalue weighted by atomic mass is 32.2. The van der Waals surface area contributed by atoms with Crippen molar-refractivity contribution in [3.05, 3.63) is 29.8 Å². The molecule has 0 spiro atoms. The molecule has 0 saturated carbocycles. The standard InChI is InChI=1S/C11H11NO5S/c1-8(13)16-11(7-12)9-5-3-4-6-10(9)17-18(2,14)15/h3-6,11H,1-2H3. The molecule has 18 heavy (non-hydrogen) atoms. The number of nitrogens with zero attached hydrogens (tertiary/aromatic N) is 1. The van der Waals surface area contributed by atoms with Crippen molar-refractivity contribution >= 4 is 16.1 Å². The minimum Gasteiger partial charge on any atom is -0.442 e. The summed E-state index contributed by atoms with van der Waals surface area (Å²) in [6, 6.07) is 7.72. The van der Waals surface area contributed by atoms with Crippen LogP contribution in [0, 0.1) is 11.3 Å². The zero-order valence-corrected chi connectivity index (χ0v) is 10.6. The fourth-order valence-electron chi connectivity index (χ4n) is 1.26. The topological polar surface area (TPSA) is 93.5 Å². The molecular weight excluding hydrogens is 258 g/mol. The average molecular weight is 269 g/mol. The number of carbonyl (C=O) groups excluding carboxylic acids is 1. The fraction of sp³-hybridized carbons (Fsp3) is 0.273. The number of benzene rings is 1. The first-order chi connectivity index (χ1) is 8.33. The molecule has 1 aromatic rings. The van der Waals surface area contributed by atoms with Gasteiger partial charge in [-0.05, 0) is 6.07 Å². The molecule has 1 unspecified atom stereocenters. The Bertz CT molecular complexity index is 588. The van der Waals surface area contributed by atoms with Crippen molar-refractivity contribution in [1.29, 1.82) is 5.26 Å². The third-order valence-corrected chi connectivity index (χ3v) is 2.33. The largest absolute Gasteiger partial charge is 0.442 e. The summed E-state index contributed by atoms with van der Waals surface area (Å²) >= 11 is 0. The summed E-state index contributed by atoms with van der Waals surface area (Å²) in [5.74, 6) is -0.677. The first-order valence-electron chi connectivity index (χ1n) is 4.88. The molecule has 0 bridgehead atoms. The second-order valence-corrected chi connectivity index (χ2v) is 5.02. The number of para-hydroxylation sites is 1. The number of hydrogen-bond donors (Lipinski definition) is 0. The molecule has 1 aromatic carbocycles. The van der Waals surface area contributed by atoms with Crippen LogP contribution in [0.3, 0.4) is 0 Å². The summed E-state index contributed by atoms with van der Waals surface area (Å²) in [5.41, 5.74) is 0.181. The minimum atomic E-state index is -3.72. The maximum Gasteiger partial charge on any atom is 0.306 e. The number of ether oxygens (including phenoxy) is 1. The monoisotopic (exact) mass is 269 g/mol. The van der Waals surface area contributed by atoms with Crippen molar-refractivity contribution in [2.45, 2.75) is 13.0 Å². The Morgan fingerprint density at radius 3 is 2.50 bits per heavy atom. The molecule has 0 fully saturated rings. The molecule has 0 N–H and O–H groups in total. The number of hydrogen-bond acceptors (Lipinski definition) is 6. The molecule has 0 aromatic heterocycles. The number of rotatable bonds is 4. The molecule has 0 radical (unpaired) electrons. The van der Waals surface area contributed by atoms with E-state index in [-0.39, 0.29) is 11.3 Å². The van der Waals surface area contributed by atoms with Gasteiger partial charge in [0.15, 0.2) is 5.75 Å². The van der Waals surface area contributed by atoms with E-state index in [0.29, 0.717) is 0 Å². The highest BCUT2D eigenvalue weighted by molar-refractivity contribution is 7.86. The van der Waals surface area contributed by atoms with E-state index >= 15 is 0 Å². The third kappa shape index (κ3) is 4.07. The van der Waals surface area contributed by atoms with Gasteiger partial charge in [-0.2, -0.15) is 13.7 Å². The Morgan fingerprint density at radius 1 is 1.39 bits per heavy atom. The molecule has 0 aliphatic heterocycles. The van der Waals surface area contributed by atoms with Crippen LogP contribution in [-0.2, 0) is 19.6 Å². The van der Waals surface area contributed by atoms with E-state index in [1.807, 2.05) is 0 Å². The summed E-state index contributed by atoms with van der Waals surface area (Å²) in [5, 5.41) is 8.92. The van der Waals surface area contributed by atoms with Gasteiger partial charge in [0.1, 0.15) is 6.07 Å². The molecule has 6 nitrogen and oxygen atoms in total. The molecule has 96 valence electrons. The second kappa shape index (κ2) is 5.51. The predicted molar refractivity (Wildman–Crippen MR) is 62.0 cm³/mol. The molecule has 1 rings (SSSR count). The van der Waals surface area contributed by atoms with Crippen LogP contribution in [0.1, 0.15) is 18.6 Å². The van der Waals surface area contributed by atoms with Crippen LogP contribution in [0.15, 0.2) is 24.3 Å². The zero-order chi connectivity index (χ0) is 13.8. The van der Waals surface area contributed by atoms with Crippen molar-refractivity contribution in [3.63, 3.8) is 0 Å². The lowest BCUT2D eigenvalue weighted by Crippen LogP contribution is -2.11. The first-order valence-corrected chi connectivity index (χ1v) is 6.70. The van der Waals surface area contributed by atoms with Crippen molar-refractivity contribution in [2.75, 3.05) is 6.26 Å². The maximum absolute atomic E-state index is 11.1. The number of esters is 1. The predicted octanol–water partition coefficient (Wildman–Crippen LogP) is 1.15. The maximum atomic E-state index is 11.1. The fourth-order valence-corrected chi connectivity index (χ4v) is 1.74. The van der Waals surface area contributed by atoms with Gasteiger partial charge in [0, 0.05) is 6.92 Å². The second-order valence-electron chi connectivity index (χ2n) is 3.44. The zero-order valence-electron chi connectivity index (χ0n) is 9.78. The molecule has 0 amide bonds. The smallest absolute Gasteiger partial charge is 0.306 e. The molecule has 1 atom stereocenters. The molecule has 0 aliphatic rings. The van der Waals surface area contributed by atoms with Crippen molar-refractivity contribution < 1.29 is 22.1 Å². The van der Waals surface area contributed by atoms with Crippen LogP contribution in [0.25, 0.3) is 0 Å². The Kier molecular flexibility index (Phi) is 4.28. The van der Waals surface area contributed by atoms with Gasteiger partial charge < -0.3 is 8.92 Å². The van der Waals surface area contributed by atoms with E-state index in [4.69, 9.17) is 14.2 Å². The Hall–Kier alpha value is -2.07. The first kappa shape index (κ1) is 14.0. The molecule has 7 heteroatoms. The van der Waals surface area contributed by atoms with Crippen LogP contribution in [-0.4, -0.2) is 20.6 Å². The quantitative estimate of drug-likeness (QED) is 0.601. The summed E-state index contributed by atoms with van der Waals surface area (Å²) in [6.45, 7) is 1.16. The summed E-state index contributed by atoms with van der Waals surface area (Å²) in [6.07, 6.45) is -0.322. The van der Waals surface area contributed by atoms with E-state index in [1.165, 1.54) is 12.1 Å². The van der Waals surface area contributed by atoms with Gasteiger partial charge in [0.25, 0.3) is 0 Å². The average Bonchev–Trinajstić information content (AvgIpc) is 2.24. The summed E-state index contributed by atoms with van der Waals surface area (Å²) in [4.78, 5) is 10.9. The lowest BCUT2D eigenvalue weighted by Gasteiger charge is -2.13. The van der Waals surface area contributed by atoms with Crippen LogP contribution in [0.2, 0.25) is 0 Å². The van der Waals surface area contributed by atoms with Crippen LogP contribution in [0.5, 0.6) is 5.75 Å². The van der Waals surface area contributed by atoms with Gasteiger partial charge in [-0.15, -0.1) is 0 Å². The highest BCUT2D eigenvalue weighted by Gasteiger charge is 2.20. The Morgan fingerprint density at radius 2 is 2.00 bits per heavy atom. The third-order valence-electron chi connectivity index (χ3n) is 1.84. The SMILES string of the molecule is CC(=O)OC(C#N)c1ccccc1OS(C)(=O)=O. The van der Waals surface area contributed by atoms with Gasteiger partial charge in [-0.3, -0.25) is 4.79 Å². The van der Waals surface area contributed by atoms with E-state index in [0.717, 1.165) is 13.2 Å². The van der Waals surface area contributed by atoms with Crippen molar-refractivity contribution in [3.8, 4) is 11.8 Å². The molecule has 0 saturated heterocycles. The Labute approximate surface area is 105 Å². The van der Waals surface area contributed by atoms with Crippen molar-refractivity contribution in [2.24, 2.45) is 0 Å². The number of carbonyl (C=O) groups is 1. The minimum absolute atomic E-state index is 0.0344.